The Balaban J connectivity index is 2.21. The number of hydrogen-bond acceptors (Lipinski definition) is 4. The molecule has 0 amide bonds. The van der Waals surface area contributed by atoms with Crippen LogP contribution < -0.4 is 10.1 Å². The van der Waals surface area contributed by atoms with Gasteiger partial charge in [0.15, 0.2) is 0 Å². The zero-order valence-electron chi connectivity index (χ0n) is 11.3. The van der Waals surface area contributed by atoms with Crippen LogP contribution in [0.4, 0.5) is 0 Å². The molecule has 98 valence electrons. The van der Waals surface area contributed by atoms with Crippen molar-refractivity contribution in [3.63, 3.8) is 0 Å². The van der Waals surface area contributed by atoms with Crippen LogP contribution in [0.2, 0.25) is 0 Å². The molecular weight excluding hydrogens is 216 g/mol. The van der Waals surface area contributed by atoms with Crippen LogP contribution in [0.3, 0.4) is 0 Å². The van der Waals surface area contributed by atoms with Crippen LogP contribution in [0.15, 0.2) is 10.7 Å². The minimum absolute atomic E-state index is 0.384. The monoisotopic (exact) mass is 240 g/mol. The molecule has 17 heavy (non-hydrogen) atoms. The van der Waals surface area contributed by atoms with E-state index in [1.54, 1.807) is 6.26 Å². The fraction of sp³-hybridized carbons (Fsp3) is 0.769. The first-order chi connectivity index (χ1) is 8.08. The number of nitrogens with one attached hydrogen (secondary N) is 1. The van der Waals surface area contributed by atoms with Crippen molar-refractivity contribution in [1.82, 2.24) is 10.3 Å². The lowest BCUT2D eigenvalue weighted by Crippen LogP contribution is -2.21. The Bertz CT molecular complexity index is 308. The molecule has 0 aromatic carbocycles. The molecule has 1 N–H and O–H groups in total. The van der Waals surface area contributed by atoms with Crippen molar-refractivity contribution in [2.24, 2.45) is 5.92 Å². The van der Waals surface area contributed by atoms with Crippen LogP contribution in [0.25, 0.3) is 0 Å². The van der Waals surface area contributed by atoms with Gasteiger partial charge in [-0.3, -0.25) is 0 Å². The van der Waals surface area contributed by atoms with E-state index in [2.05, 4.69) is 38.0 Å². The van der Waals surface area contributed by atoms with Crippen LogP contribution in [0, 0.1) is 5.92 Å². The summed E-state index contributed by atoms with van der Waals surface area (Å²) in [4.78, 5) is 4.25. The summed E-state index contributed by atoms with van der Waals surface area (Å²) >= 11 is 0. The summed E-state index contributed by atoms with van der Waals surface area (Å²) in [6, 6.07) is 0.446. The predicted molar refractivity (Wildman–Crippen MR) is 68.0 cm³/mol. The third-order valence-electron chi connectivity index (χ3n) is 2.37. The number of hydrogen-bond donors (Lipinski definition) is 1. The van der Waals surface area contributed by atoms with Gasteiger partial charge in [0.25, 0.3) is 0 Å². The van der Waals surface area contributed by atoms with Crippen molar-refractivity contribution in [2.75, 3.05) is 6.61 Å². The summed E-state index contributed by atoms with van der Waals surface area (Å²) in [6.45, 7) is 10.0. The molecule has 1 aromatic heterocycles. The first-order valence-corrected chi connectivity index (χ1v) is 6.38. The predicted octanol–water partition coefficient (Wildman–Crippen LogP) is 2.99. The molecule has 0 saturated heterocycles. The number of oxazole rings is 1. The van der Waals surface area contributed by atoms with Crippen LogP contribution >= 0.6 is 0 Å². The molecule has 0 aliphatic heterocycles. The van der Waals surface area contributed by atoms with E-state index in [9.17, 15) is 0 Å². The lowest BCUT2D eigenvalue weighted by Gasteiger charge is -2.04. The average molecular weight is 240 g/mol. The zero-order valence-corrected chi connectivity index (χ0v) is 11.3. The highest BCUT2D eigenvalue weighted by Gasteiger charge is 2.05. The molecule has 4 nitrogen and oxygen atoms in total. The third-order valence-corrected chi connectivity index (χ3v) is 2.37. The maximum atomic E-state index is 5.44. The van der Waals surface area contributed by atoms with Gasteiger partial charge in [-0.15, -0.1) is 0 Å². The fourth-order valence-electron chi connectivity index (χ4n) is 1.40. The Morgan fingerprint density at radius 2 is 2.12 bits per heavy atom. The molecule has 0 aliphatic carbocycles. The molecule has 0 radical (unpaired) electrons. The summed E-state index contributed by atoms with van der Waals surface area (Å²) in [5.74, 6) is 0.717. The van der Waals surface area contributed by atoms with Crippen molar-refractivity contribution in [2.45, 2.75) is 53.1 Å². The molecular formula is C13H24N2O2. The van der Waals surface area contributed by atoms with E-state index < -0.39 is 0 Å². The number of ether oxygens (including phenoxy) is 1. The quantitative estimate of drug-likeness (QED) is 0.710. The van der Waals surface area contributed by atoms with E-state index in [-0.39, 0.29) is 0 Å². The molecule has 1 aromatic rings. The van der Waals surface area contributed by atoms with Gasteiger partial charge in [-0.25, -0.2) is 0 Å². The first kappa shape index (κ1) is 14.0. The maximum absolute atomic E-state index is 5.44. The van der Waals surface area contributed by atoms with Crippen molar-refractivity contribution in [3.05, 3.63) is 12.0 Å². The van der Waals surface area contributed by atoms with Crippen LogP contribution in [0.5, 0.6) is 6.08 Å². The molecule has 0 aliphatic rings. The lowest BCUT2D eigenvalue weighted by molar-refractivity contribution is 0.221. The molecule has 0 atom stereocenters. The Kier molecular flexibility index (Phi) is 6.05. The minimum Gasteiger partial charge on any atom is -0.450 e. The van der Waals surface area contributed by atoms with Gasteiger partial charge in [-0.2, -0.15) is 4.98 Å². The van der Waals surface area contributed by atoms with Gasteiger partial charge in [0.2, 0.25) is 0 Å². The summed E-state index contributed by atoms with van der Waals surface area (Å²) in [7, 11) is 0. The van der Waals surface area contributed by atoms with Gasteiger partial charge >= 0.3 is 6.08 Å². The number of rotatable bonds is 8. The van der Waals surface area contributed by atoms with Crippen LogP contribution in [-0.4, -0.2) is 17.6 Å². The van der Waals surface area contributed by atoms with Gasteiger partial charge in [-0.05, 0) is 18.8 Å². The van der Waals surface area contributed by atoms with Crippen molar-refractivity contribution < 1.29 is 9.15 Å². The number of nitrogens with zero attached hydrogens (tertiary/aromatic N) is 1. The van der Waals surface area contributed by atoms with E-state index in [0.29, 0.717) is 24.6 Å². The van der Waals surface area contributed by atoms with Gasteiger partial charge in [0.1, 0.15) is 6.26 Å². The van der Waals surface area contributed by atoms with Gasteiger partial charge in [-0.1, -0.05) is 27.7 Å². The molecule has 0 fully saturated rings. The van der Waals surface area contributed by atoms with E-state index in [1.165, 1.54) is 6.42 Å². The first-order valence-electron chi connectivity index (χ1n) is 6.38. The summed E-state index contributed by atoms with van der Waals surface area (Å²) in [5.41, 5.74) is 0.887. The second-order valence-corrected chi connectivity index (χ2v) is 5.02. The highest BCUT2D eigenvalue weighted by Crippen LogP contribution is 2.11. The van der Waals surface area contributed by atoms with Crippen molar-refractivity contribution in [3.8, 4) is 6.08 Å². The van der Waals surface area contributed by atoms with Gasteiger partial charge in [0, 0.05) is 12.6 Å². The standard InChI is InChI=1S/C13H24N2O2/c1-10(2)6-5-7-16-13-15-12(9-17-13)8-14-11(3)4/h9-11,14H,5-8H2,1-4H3. The van der Waals surface area contributed by atoms with E-state index in [1.807, 2.05) is 0 Å². The topological polar surface area (TPSA) is 47.3 Å². The third kappa shape index (κ3) is 6.31. The van der Waals surface area contributed by atoms with E-state index in [0.717, 1.165) is 18.7 Å². The van der Waals surface area contributed by atoms with Crippen LogP contribution in [0.1, 0.15) is 46.2 Å². The summed E-state index contributed by atoms with van der Waals surface area (Å²) in [5, 5.41) is 3.28. The minimum atomic E-state index is 0.384. The smallest absolute Gasteiger partial charge is 0.393 e. The Hall–Kier alpha value is -1.03. The second kappa shape index (κ2) is 7.33. The highest BCUT2D eigenvalue weighted by molar-refractivity contribution is 4.99. The zero-order chi connectivity index (χ0) is 12.7. The summed E-state index contributed by atoms with van der Waals surface area (Å²) < 4.78 is 10.7. The Labute approximate surface area is 104 Å². The maximum Gasteiger partial charge on any atom is 0.393 e. The molecule has 0 spiro atoms. The van der Waals surface area contributed by atoms with Crippen molar-refractivity contribution >= 4 is 0 Å². The molecule has 0 bridgehead atoms. The van der Waals surface area contributed by atoms with E-state index in [4.69, 9.17) is 9.15 Å². The largest absolute Gasteiger partial charge is 0.450 e. The van der Waals surface area contributed by atoms with Gasteiger partial charge in [0.05, 0.1) is 12.3 Å². The normalized spacial score (nSPS) is 11.4. The molecule has 0 saturated carbocycles. The van der Waals surface area contributed by atoms with E-state index >= 15 is 0 Å². The Morgan fingerprint density at radius 3 is 2.76 bits per heavy atom. The average Bonchev–Trinajstić information content (AvgIpc) is 2.69. The molecule has 1 heterocycles. The molecule has 0 unspecified atom stereocenters. The summed E-state index contributed by atoms with van der Waals surface area (Å²) in [6.07, 6.45) is 4.24. The number of aromatic nitrogens is 1. The Morgan fingerprint density at radius 1 is 1.35 bits per heavy atom. The van der Waals surface area contributed by atoms with Crippen LogP contribution in [-0.2, 0) is 6.54 Å². The van der Waals surface area contributed by atoms with Crippen molar-refractivity contribution in [1.29, 1.82) is 0 Å². The lowest BCUT2D eigenvalue weighted by atomic mass is 10.1. The second-order valence-electron chi connectivity index (χ2n) is 5.02. The molecule has 1 rings (SSSR count). The SMILES string of the molecule is CC(C)CCCOc1nc(CNC(C)C)co1. The fourth-order valence-corrected chi connectivity index (χ4v) is 1.40. The molecule has 4 heteroatoms. The van der Waals surface area contributed by atoms with Gasteiger partial charge < -0.3 is 14.5 Å². The highest BCUT2D eigenvalue weighted by atomic mass is 16.6.